The fourth-order valence-corrected chi connectivity index (χ4v) is 2.80. The van der Waals surface area contributed by atoms with Crippen LogP contribution in [0.3, 0.4) is 0 Å². The highest BCUT2D eigenvalue weighted by atomic mass is 32.2. The Hall–Kier alpha value is -1.60. The molecule has 1 aliphatic heterocycles. The molecule has 19 heavy (non-hydrogen) atoms. The van der Waals surface area contributed by atoms with Gasteiger partial charge in [0.1, 0.15) is 5.84 Å². The summed E-state index contributed by atoms with van der Waals surface area (Å²) in [6, 6.07) is 5.17. The third kappa shape index (κ3) is 3.05. The minimum absolute atomic E-state index is 0.381. The molecule has 1 aromatic carbocycles. The summed E-state index contributed by atoms with van der Waals surface area (Å²) in [5.41, 5.74) is 13.4. The average molecular weight is 281 g/mol. The quantitative estimate of drug-likeness (QED) is 0.406. The molecular weight excluding hydrogens is 262 g/mol. The summed E-state index contributed by atoms with van der Waals surface area (Å²) in [4.78, 5) is 1.94. The standard InChI is InChI=1S/C12H19N5OS/c1-19(18)17-6-4-16(5-7-17)12(15)10-8-9(13)2-3-11(10)14/h2-3,8,15H,4-7,13-14H2,1H3. The Kier molecular flexibility index (Phi) is 4.06. The molecule has 1 aromatic rings. The van der Waals surface area contributed by atoms with Crippen molar-refractivity contribution in [3.05, 3.63) is 23.8 Å². The van der Waals surface area contributed by atoms with Gasteiger partial charge >= 0.3 is 0 Å². The van der Waals surface area contributed by atoms with E-state index in [0.29, 0.717) is 49.0 Å². The first-order chi connectivity index (χ1) is 8.99. The van der Waals surface area contributed by atoms with Crippen molar-refractivity contribution in [1.82, 2.24) is 9.21 Å². The van der Waals surface area contributed by atoms with Gasteiger partial charge in [-0.15, -0.1) is 0 Å². The van der Waals surface area contributed by atoms with Gasteiger partial charge in [-0.1, -0.05) is 0 Å². The second kappa shape index (κ2) is 5.58. The van der Waals surface area contributed by atoms with Crippen LogP contribution in [0, 0.1) is 5.41 Å². The van der Waals surface area contributed by atoms with Gasteiger partial charge < -0.3 is 16.4 Å². The molecule has 0 saturated carbocycles. The van der Waals surface area contributed by atoms with Gasteiger partial charge in [0, 0.05) is 49.4 Å². The molecule has 1 fully saturated rings. The number of anilines is 2. The Balaban J connectivity index is 2.09. The van der Waals surface area contributed by atoms with E-state index < -0.39 is 11.0 Å². The van der Waals surface area contributed by atoms with Gasteiger partial charge in [0.2, 0.25) is 0 Å². The van der Waals surface area contributed by atoms with E-state index in [-0.39, 0.29) is 0 Å². The molecule has 1 atom stereocenters. The summed E-state index contributed by atoms with van der Waals surface area (Å²) in [6.07, 6.45) is 1.68. The van der Waals surface area contributed by atoms with Crippen molar-refractivity contribution in [1.29, 1.82) is 5.41 Å². The maximum absolute atomic E-state index is 11.4. The zero-order valence-electron chi connectivity index (χ0n) is 10.9. The largest absolute Gasteiger partial charge is 0.399 e. The summed E-state index contributed by atoms with van der Waals surface area (Å²) >= 11 is 0. The predicted octanol–water partition coefficient (Wildman–Crippen LogP) is 0.0875. The second-order valence-electron chi connectivity index (χ2n) is 4.54. The lowest BCUT2D eigenvalue weighted by molar-refractivity contribution is 0.275. The molecule has 0 radical (unpaired) electrons. The lowest BCUT2D eigenvalue weighted by atomic mass is 10.1. The zero-order chi connectivity index (χ0) is 14.0. The lowest BCUT2D eigenvalue weighted by Crippen LogP contribution is -2.49. The highest BCUT2D eigenvalue weighted by Crippen LogP contribution is 2.18. The number of benzene rings is 1. The summed E-state index contributed by atoms with van der Waals surface area (Å²) in [6.45, 7) is 2.72. The Morgan fingerprint density at radius 2 is 1.89 bits per heavy atom. The van der Waals surface area contributed by atoms with E-state index in [4.69, 9.17) is 16.9 Å². The van der Waals surface area contributed by atoms with Gasteiger partial charge in [0.25, 0.3) is 0 Å². The van der Waals surface area contributed by atoms with Gasteiger partial charge in [0.05, 0.1) is 11.0 Å². The molecule has 0 amide bonds. The third-order valence-corrected chi connectivity index (χ3v) is 4.34. The Morgan fingerprint density at radius 1 is 1.26 bits per heavy atom. The predicted molar refractivity (Wildman–Crippen MR) is 79.3 cm³/mol. The molecule has 1 unspecified atom stereocenters. The Morgan fingerprint density at radius 3 is 2.47 bits per heavy atom. The van der Waals surface area contributed by atoms with Crippen molar-refractivity contribution in [2.45, 2.75) is 0 Å². The number of hydrogen-bond donors (Lipinski definition) is 3. The minimum Gasteiger partial charge on any atom is -0.399 e. The third-order valence-electron chi connectivity index (χ3n) is 3.25. The normalized spacial score (nSPS) is 18.3. The van der Waals surface area contributed by atoms with Crippen molar-refractivity contribution in [2.75, 3.05) is 43.9 Å². The van der Waals surface area contributed by atoms with Crippen LogP contribution in [0.15, 0.2) is 18.2 Å². The first-order valence-electron chi connectivity index (χ1n) is 6.06. The van der Waals surface area contributed by atoms with Crippen LogP contribution in [0.4, 0.5) is 11.4 Å². The van der Waals surface area contributed by atoms with Crippen LogP contribution in [0.5, 0.6) is 0 Å². The van der Waals surface area contributed by atoms with Gasteiger partial charge in [-0.3, -0.25) is 5.41 Å². The monoisotopic (exact) mass is 281 g/mol. The average Bonchev–Trinajstić information content (AvgIpc) is 2.41. The number of nitrogens with one attached hydrogen (secondary N) is 1. The Labute approximate surface area is 115 Å². The maximum atomic E-state index is 11.4. The number of amidine groups is 1. The van der Waals surface area contributed by atoms with Gasteiger partial charge in [-0.05, 0) is 18.2 Å². The molecular formula is C12H19N5OS. The number of nitrogens with zero attached hydrogens (tertiary/aromatic N) is 2. The number of rotatable bonds is 2. The van der Waals surface area contributed by atoms with E-state index in [1.165, 1.54) is 0 Å². The molecule has 0 aromatic heterocycles. The van der Waals surface area contributed by atoms with Gasteiger partial charge in [0.15, 0.2) is 0 Å². The molecule has 6 nitrogen and oxygen atoms in total. The Bertz CT molecular complexity index is 511. The molecule has 0 spiro atoms. The van der Waals surface area contributed by atoms with Crippen LogP contribution in [0.2, 0.25) is 0 Å². The molecule has 0 bridgehead atoms. The van der Waals surface area contributed by atoms with Crippen molar-refractivity contribution in [3.63, 3.8) is 0 Å². The van der Waals surface area contributed by atoms with Crippen LogP contribution >= 0.6 is 0 Å². The summed E-state index contributed by atoms with van der Waals surface area (Å²) < 4.78 is 13.3. The van der Waals surface area contributed by atoms with Gasteiger partial charge in [-0.2, -0.15) is 0 Å². The van der Waals surface area contributed by atoms with Crippen LogP contribution in [0.1, 0.15) is 5.56 Å². The fraction of sp³-hybridized carbons (Fsp3) is 0.417. The highest BCUT2D eigenvalue weighted by molar-refractivity contribution is 7.81. The summed E-state index contributed by atoms with van der Waals surface area (Å²) in [7, 11) is -0.941. The van der Waals surface area contributed by atoms with Gasteiger partial charge in [-0.25, -0.2) is 8.51 Å². The first kappa shape index (κ1) is 13.8. The maximum Gasteiger partial charge on any atom is 0.130 e. The number of nitrogens with two attached hydrogens (primary N) is 2. The smallest absolute Gasteiger partial charge is 0.130 e. The molecule has 2 rings (SSSR count). The van der Waals surface area contributed by atoms with E-state index in [1.54, 1.807) is 24.5 Å². The molecule has 7 heteroatoms. The molecule has 5 N–H and O–H groups in total. The SMILES string of the molecule is CS(=O)N1CCN(C(=N)c2cc(N)ccc2N)CC1. The number of piperazine rings is 1. The molecule has 0 aliphatic carbocycles. The van der Waals surface area contributed by atoms with Crippen molar-refractivity contribution >= 4 is 28.2 Å². The minimum atomic E-state index is -0.941. The van der Waals surface area contributed by atoms with E-state index in [1.807, 2.05) is 9.21 Å². The summed E-state index contributed by atoms with van der Waals surface area (Å²) in [5.74, 6) is 0.381. The van der Waals surface area contributed by atoms with E-state index >= 15 is 0 Å². The van der Waals surface area contributed by atoms with Crippen LogP contribution in [-0.4, -0.2) is 51.7 Å². The first-order valence-corrected chi connectivity index (χ1v) is 7.58. The number of hydrogen-bond acceptors (Lipinski definition) is 4. The lowest BCUT2D eigenvalue weighted by Gasteiger charge is -2.34. The highest BCUT2D eigenvalue weighted by Gasteiger charge is 2.22. The van der Waals surface area contributed by atoms with E-state index in [2.05, 4.69) is 0 Å². The van der Waals surface area contributed by atoms with Crippen LogP contribution in [-0.2, 0) is 11.0 Å². The van der Waals surface area contributed by atoms with E-state index in [9.17, 15) is 4.21 Å². The molecule has 104 valence electrons. The van der Waals surface area contributed by atoms with E-state index in [0.717, 1.165) is 0 Å². The molecule has 1 aliphatic rings. The van der Waals surface area contributed by atoms with Crippen LogP contribution < -0.4 is 11.5 Å². The number of nitrogen functional groups attached to an aromatic ring is 2. The van der Waals surface area contributed by atoms with Crippen molar-refractivity contribution in [2.24, 2.45) is 0 Å². The topological polar surface area (TPSA) is 99.4 Å². The molecule has 1 heterocycles. The second-order valence-corrected chi connectivity index (χ2v) is 5.90. The zero-order valence-corrected chi connectivity index (χ0v) is 11.7. The van der Waals surface area contributed by atoms with Crippen molar-refractivity contribution < 1.29 is 4.21 Å². The fourth-order valence-electron chi connectivity index (χ4n) is 2.12. The van der Waals surface area contributed by atoms with Crippen molar-refractivity contribution in [3.8, 4) is 0 Å². The molecule has 1 saturated heterocycles. The summed E-state index contributed by atoms with van der Waals surface area (Å²) in [5, 5.41) is 8.23. The van der Waals surface area contributed by atoms with Crippen LogP contribution in [0.25, 0.3) is 0 Å².